The lowest BCUT2D eigenvalue weighted by molar-refractivity contribution is 0.0922. The summed E-state index contributed by atoms with van der Waals surface area (Å²) in [4.78, 5) is 12.4. The maximum atomic E-state index is 12.4. The Kier molecular flexibility index (Phi) is 6.52. The Morgan fingerprint density at radius 3 is 2.74 bits per heavy atom. The van der Waals surface area contributed by atoms with Crippen molar-refractivity contribution in [3.05, 3.63) is 70.6 Å². The zero-order valence-electron chi connectivity index (χ0n) is 17.0. The topological polar surface area (TPSA) is 79.2 Å². The van der Waals surface area contributed by atoms with E-state index in [-0.39, 0.29) is 18.3 Å². The second-order valence-electron chi connectivity index (χ2n) is 6.81. The Balaban J connectivity index is 1.29. The first-order valence-corrected chi connectivity index (χ1v) is 10.2. The Bertz CT molecular complexity index is 1060. The number of fused-ring (bicyclic) bond motifs is 1. The highest BCUT2D eigenvalue weighted by Crippen LogP contribution is 2.38. The largest absolute Gasteiger partial charge is 0.493 e. The van der Waals surface area contributed by atoms with Gasteiger partial charge in [-0.05, 0) is 48.4 Å². The summed E-state index contributed by atoms with van der Waals surface area (Å²) in [5.74, 6) is 2.89. The van der Waals surface area contributed by atoms with Gasteiger partial charge in [0.2, 0.25) is 0 Å². The quantitative estimate of drug-likeness (QED) is 0.560. The van der Waals surface area contributed by atoms with E-state index in [4.69, 9.17) is 35.0 Å². The van der Waals surface area contributed by atoms with Crippen LogP contribution in [-0.2, 0) is 13.0 Å². The molecule has 1 aliphatic rings. The van der Waals surface area contributed by atoms with Crippen molar-refractivity contribution in [2.45, 2.75) is 13.0 Å². The van der Waals surface area contributed by atoms with Gasteiger partial charge in [-0.1, -0.05) is 23.7 Å². The van der Waals surface area contributed by atoms with Crippen LogP contribution in [0, 0.1) is 0 Å². The number of benzene rings is 2. The highest BCUT2D eigenvalue weighted by molar-refractivity contribution is 6.32. The van der Waals surface area contributed by atoms with Crippen molar-refractivity contribution in [2.24, 2.45) is 0 Å². The highest BCUT2D eigenvalue weighted by atomic mass is 35.5. The molecular formula is C23H22ClNO6. The molecule has 8 heteroatoms. The number of halogens is 1. The van der Waals surface area contributed by atoms with Gasteiger partial charge in [-0.15, -0.1) is 0 Å². The molecule has 2 aromatic carbocycles. The van der Waals surface area contributed by atoms with Crippen molar-refractivity contribution in [1.82, 2.24) is 5.32 Å². The van der Waals surface area contributed by atoms with Crippen LogP contribution in [0.4, 0.5) is 0 Å². The molecule has 31 heavy (non-hydrogen) atoms. The first-order chi connectivity index (χ1) is 15.1. The number of methoxy groups -OCH3 is 1. The number of amides is 1. The average Bonchev–Trinajstić information content (AvgIpc) is 3.27. The number of carbonyl (C=O) groups excluding carboxylic acids is 1. The van der Waals surface area contributed by atoms with E-state index in [2.05, 4.69) is 5.32 Å². The number of rotatable bonds is 8. The number of nitrogens with one attached hydrogen (secondary N) is 1. The van der Waals surface area contributed by atoms with Gasteiger partial charge in [-0.3, -0.25) is 4.79 Å². The molecule has 1 aliphatic heterocycles. The van der Waals surface area contributed by atoms with Crippen LogP contribution >= 0.6 is 11.6 Å². The lowest BCUT2D eigenvalue weighted by Gasteiger charge is -2.20. The molecular weight excluding hydrogens is 422 g/mol. The van der Waals surface area contributed by atoms with E-state index in [1.807, 2.05) is 30.3 Å². The summed E-state index contributed by atoms with van der Waals surface area (Å²) in [5, 5.41) is 3.35. The third-order valence-electron chi connectivity index (χ3n) is 4.68. The van der Waals surface area contributed by atoms with E-state index in [1.54, 1.807) is 25.3 Å². The highest BCUT2D eigenvalue weighted by Gasteiger charge is 2.17. The fourth-order valence-electron chi connectivity index (χ4n) is 3.18. The molecule has 1 N–H and O–H groups in total. The maximum absolute atomic E-state index is 12.4. The molecule has 2 heterocycles. The Morgan fingerprint density at radius 2 is 1.90 bits per heavy atom. The number of carbonyl (C=O) groups is 1. The standard InChI is InChI=1S/C23H22ClNO6/c1-27-18-4-2-3-5-19(18)30-14-16-6-7-20(31-16)23(26)25-9-8-15-12-17(24)22-21(13-15)28-10-11-29-22/h2-7,12-13H,8-11,14H2,1H3,(H,25,26). The Labute approximate surface area is 184 Å². The lowest BCUT2D eigenvalue weighted by atomic mass is 10.1. The minimum Gasteiger partial charge on any atom is -0.493 e. The maximum Gasteiger partial charge on any atom is 0.287 e. The molecule has 1 aromatic heterocycles. The van der Waals surface area contributed by atoms with Gasteiger partial charge in [0.25, 0.3) is 5.91 Å². The van der Waals surface area contributed by atoms with Crippen LogP contribution in [0.5, 0.6) is 23.0 Å². The third kappa shape index (κ3) is 5.06. The van der Waals surface area contributed by atoms with Gasteiger partial charge in [0.05, 0.1) is 12.1 Å². The third-order valence-corrected chi connectivity index (χ3v) is 4.96. The van der Waals surface area contributed by atoms with Crippen molar-refractivity contribution in [3.63, 3.8) is 0 Å². The molecule has 0 fully saturated rings. The van der Waals surface area contributed by atoms with Crippen LogP contribution in [0.3, 0.4) is 0 Å². The van der Waals surface area contributed by atoms with E-state index in [0.717, 1.165) is 5.56 Å². The number of para-hydroxylation sites is 2. The first kappa shape index (κ1) is 20.9. The van der Waals surface area contributed by atoms with E-state index < -0.39 is 0 Å². The van der Waals surface area contributed by atoms with Gasteiger partial charge in [0.1, 0.15) is 25.6 Å². The molecule has 0 saturated heterocycles. The summed E-state index contributed by atoms with van der Waals surface area (Å²) < 4.78 is 27.7. The summed E-state index contributed by atoms with van der Waals surface area (Å²) in [7, 11) is 1.58. The van der Waals surface area contributed by atoms with Crippen LogP contribution in [-0.4, -0.2) is 32.8 Å². The van der Waals surface area contributed by atoms with Crippen molar-refractivity contribution in [3.8, 4) is 23.0 Å². The molecule has 0 atom stereocenters. The van der Waals surface area contributed by atoms with Crippen LogP contribution in [0.1, 0.15) is 21.9 Å². The number of furan rings is 1. The SMILES string of the molecule is COc1ccccc1OCc1ccc(C(=O)NCCc2cc(Cl)c3c(c2)OCCO3)o1. The van der Waals surface area contributed by atoms with E-state index in [0.29, 0.717) is 60.0 Å². The number of hydrogen-bond donors (Lipinski definition) is 1. The number of ether oxygens (including phenoxy) is 4. The molecule has 0 aliphatic carbocycles. The van der Waals surface area contributed by atoms with Gasteiger partial charge in [0, 0.05) is 6.54 Å². The predicted octanol–water partition coefficient (Wildman–Crippen LogP) is 4.26. The van der Waals surface area contributed by atoms with Gasteiger partial charge in [-0.25, -0.2) is 0 Å². The van der Waals surface area contributed by atoms with E-state index in [9.17, 15) is 4.79 Å². The summed E-state index contributed by atoms with van der Waals surface area (Å²) in [6.07, 6.45) is 0.590. The molecule has 1 amide bonds. The van der Waals surface area contributed by atoms with Crippen molar-refractivity contribution >= 4 is 17.5 Å². The van der Waals surface area contributed by atoms with Crippen molar-refractivity contribution in [1.29, 1.82) is 0 Å². The van der Waals surface area contributed by atoms with Gasteiger partial charge in [0.15, 0.2) is 28.8 Å². The first-order valence-electron chi connectivity index (χ1n) is 9.85. The van der Waals surface area contributed by atoms with Crippen LogP contribution in [0.2, 0.25) is 5.02 Å². The summed E-state index contributed by atoms with van der Waals surface area (Å²) in [6.45, 7) is 1.58. The fraction of sp³-hybridized carbons (Fsp3) is 0.261. The van der Waals surface area contributed by atoms with Crippen molar-refractivity contribution < 1.29 is 28.2 Å². The fourth-order valence-corrected chi connectivity index (χ4v) is 3.47. The molecule has 162 valence electrons. The normalized spacial score (nSPS) is 12.3. The van der Waals surface area contributed by atoms with Gasteiger partial charge in [-0.2, -0.15) is 0 Å². The zero-order valence-corrected chi connectivity index (χ0v) is 17.7. The van der Waals surface area contributed by atoms with E-state index in [1.165, 1.54) is 0 Å². The molecule has 0 bridgehead atoms. The molecule has 7 nitrogen and oxygen atoms in total. The van der Waals surface area contributed by atoms with Crippen LogP contribution in [0.15, 0.2) is 52.9 Å². The minimum atomic E-state index is -0.299. The lowest BCUT2D eigenvalue weighted by Crippen LogP contribution is -2.25. The second kappa shape index (κ2) is 9.66. The molecule has 0 unspecified atom stereocenters. The number of hydrogen-bond acceptors (Lipinski definition) is 6. The predicted molar refractivity (Wildman–Crippen MR) is 115 cm³/mol. The summed E-state index contributed by atoms with van der Waals surface area (Å²) in [6, 6.07) is 14.4. The summed E-state index contributed by atoms with van der Waals surface area (Å²) >= 11 is 6.25. The molecule has 0 spiro atoms. The Hall–Kier alpha value is -3.32. The van der Waals surface area contributed by atoms with Crippen molar-refractivity contribution in [2.75, 3.05) is 26.9 Å². The van der Waals surface area contributed by atoms with Gasteiger partial charge >= 0.3 is 0 Å². The van der Waals surface area contributed by atoms with E-state index >= 15 is 0 Å². The Morgan fingerprint density at radius 1 is 1.10 bits per heavy atom. The molecule has 0 radical (unpaired) electrons. The zero-order chi connectivity index (χ0) is 21.6. The second-order valence-corrected chi connectivity index (χ2v) is 7.22. The minimum absolute atomic E-state index is 0.184. The molecule has 3 aromatic rings. The molecule has 4 rings (SSSR count). The smallest absolute Gasteiger partial charge is 0.287 e. The average molecular weight is 444 g/mol. The van der Waals surface area contributed by atoms with Gasteiger partial charge < -0.3 is 28.7 Å². The van der Waals surface area contributed by atoms with Crippen LogP contribution < -0.4 is 24.3 Å². The molecule has 0 saturated carbocycles. The van der Waals surface area contributed by atoms with Crippen LogP contribution in [0.25, 0.3) is 0 Å². The monoisotopic (exact) mass is 443 g/mol. The summed E-state index contributed by atoms with van der Waals surface area (Å²) in [5.41, 5.74) is 0.944.